The largest absolute Gasteiger partial charge is 0.325 e. The quantitative estimate of drug-likeness (QED) is 0.815. The van der Waals surface area contributed by atoms with E-state index in [0.717, 1.165) is 5.56 Å². The third kappa shape index (κ3) is 2.78. The fourth-order valence-electron chi connectivity index (χ4n) is 1.17. The molecule has 0 saturated carbocycles. The van der Waals surface area contributed by atoms with Crippen LogP contribution in [0.1, 0.15) is 18.9 Å². The predicted molar refractivity (Wildman–Crippen MR) is 57.0 cm³/mol. The highest BCUT2D eigenvalue weighted by Gasteiger charge is 2.15. The first kappa shape index (κ1) is 11.2. The van der Waals surface area contributed by atoms with Crippen LogP contribution in [0.4, 0.5) is 5.69 Å². The van der Waals surface area contributed by atoms with E-state index in [2.05, 4.69) is 10.3 Å². The zero-order chi connectivity index (χ0) is 11.3. The summed E-state index contributed by atoms with van der Waals surface area (Å²) in [5.41, 5.74) is 1.60. The van der Waals surface area contributed by atoms with Crippen LogP contribution in [0.3, 0.4) is 0 Å². The Morgan fingerprint density at radius 1 is 1.73 bits per heavy atom. The summed E-state index contributed by atoms with van der Waals surface area (Å²) in [7, 11) is 0. The van der Waals surface area contributed by atoms with Gasteiger partial charge in [0, 0.05) is 18.1 Å². The van der Waals surface area contributed by atoms with Gasteiger partial charge in [-0.3, -0.25) is 9.78 Å². The fraction of sp³-hybridized carbons (Fsp3) is 0.364. The molecule has 0 aliphatic rings. The summed E-state index contributed by atoms with van der Waals surface area (Å²) in [5.74, 6) is -0.841. The van der Waals surface area contributed by atoms with Crippen molar-refractivity contribution >= 4 is 11.6 Å². The minimum atomic E-state index is -0.586. The van der Waals surface area contributed by atoms with Crippen LogP contribution < -0.4 is 5.32 Å². The van der Waals surface area contributed by atoms with E-state index in [0.29, 0.717) is 12.1 Å². The fourth-order valence-corrected chi connectivity index (χ4v) is 1.17. The number of carbonyl (C=O) groups excluding carboxylic acids is 1. The van der Waals surface area contributed by atoms with E-state index < -0.39 is 5.92 Å². The molecule has 1 N–H and O–H groups in total. The lowest BCUT2D eigenvalue weighted by atomic mass is 10.1. The van der Waals surface area contributed by atoms with Crippen LogP contribution in [0.25, 0.3) is 0 Å². The Morgan fingerprint density at radius 3 is 3.00 bits per heavy atom. The van der Waals surface area contributed by atoms with E-state index in [1.807, 2.05) is 19.9 Å². The van der Waals surface area contributed by atoms with Gasteiger partial charge in [0.1, 0.15) is 5.92 Å². The number of nitriles is 1. The summed E-state index contributed by atoms with van der Waals surface area (Å²) >= 11 is 0. The molecule has 1 heterocycles. The number of amides is 1. The maximum atomic E-state index is 11.6. The first-order valence-corrected chi connectivity index (χ1v) is 4.80. The molecule has 0 spiro atoms. The Kier molecular flexibility index (Phi) is 3.81. The molecule has 0 radical (unpaired) electrons. The van der Waals surface area contributed by atoms with Crippen molar-refractivity contribution < 1.29 is 4.79 Å². The maximum absolute atomic E-state index is 11.6. The van der Waals surface area contributed by atoms with Gasteiger partial charge in [0.2, 0.25) is 5.91 Å². The lowest BCUT2D eigenvalue weighted by Crippen LogP contribution is -2.21. The molecule has 0 aromatic carbocycles. The summed E-state index contributed by atoms with van der Waals surface area (Å²) in [4.78, 5) is 15.5. The highest BCUT2D eigenvalue weighted by molar-refractivity contribution is 5.94. The lowest BCUT2D eigenvalue weighted by Gasteiger charge is -2.09. The number of rotatable bonds is 3. The smallest absolute Gasteiger partial charge is 0.241 e. The second-order valence-electron chi connectivity index (χ2n) is 3.27. The second kappa shape index (κ2) is 5.11. The molecule has 0 aliphatic heterocycles. The van der Waals surface area contributed by atoms with Gasteiger partial charge in [-0.25, -0.2) is 0 Å². The Labute approximate surface area is 88.9 Å². The van der Waals surface area contributed by atoms with E-state index in [9.17, 15) is 4.79 Å². The lowest BCUT2D eigenvalue weighted by molar-refractivity contribution is -0.118. The average molecular weight is 203 g/mol. The van der Waals surface area contributed by atoms with Crippen molar-refractivity contribution in [3.8, 4) is 6.07 Å². The van der Waals surface area contributed by atoms with Crippen molar-refractivity contribution in [2.75, 3.05) is 5.32 Å². The van der Waals surface area contributed by atoms with Gasteiger partial charge in [-0.2, -0.15) is 5.26 Å². The Balaban J connectivity index is 2.75. The number of hydrogen-bond donors (Lipinski definition) is 1. The number of hydrogen-bond acceptors (Lipinski definition) is 3. The van der Waals surface area contributed by atoms with Crippen LogP contribution in [0.5, 0.6) is 0 Å². The number of pyridine rings is 1. The topological polar surface area (TPSA) is 65.8 Å². The highest BCUT2D eigenvalue weighted by Crippen LogP contribution is 2.13. The van der Waals surface area contributed by atoms with Gasteiger partial charge in [0.05, 0.1) is 6.07 Å². The van der Waals surface area contributed by atoms with Crippen LogP contribution in [0, 0.1) is 24.2 Å². The van der Waals surface area contributed by atoms with Gasteiger partial charge in [-0.15, -0.1) is 0 Å². The molecule has 0 bridgehead atoms. The second-order valence-corrected chi connectivity index (χ2v) is 3.27. The third-order valence-electron chi connectivity index (χ3n) is 2.16. The predicted octanol–water partition coefficient (Wildman–Crippen LogP) is 1.88. The van der Waals surface area contributed by atoms with E-state index in [4.69, 9.17) is 5.26 Å². The highest BCUT2D eigenvalue weighted by atomic mass is 16.1. The summed E-state index contributed by atoms with van der Waals surface area (Å²) in [6, 6.07) is 3.68. The zero-order valence-corrected chi connectivity index (χ0v) is 8.82. The van der Waals surface area contributed by atoms with Gasteiger partial charge in [0.15, 0.2) is 0 Å². The van der Waals surface area contributed by atoms with Gasteiger partial charge < -0.3 is 5.32 Å². The molecule has 15 heavy (non-hydrogen) atoms. The maximum Gasteiger partial charge on any atom is 0.241 e. The average Bonchev–Trinajstić information content (AvgIpc) is 2.23. The van der Waals surface area contributed by atoms with E-state index in [-0.39, 0.29) is 5.91 Å². The van der Waals surface area contributed by atoms with Crippen molar-refractivity contribution in [3.63, 3.8) is 0 Å². The van der Waals surface area contributed by atoms with Gasteiger partial charge in [0.25, 0.3) is 0 Å². The van der Waals surface area contributed by atoms with Crippen molar-refractivity contribution in [2.45, 2.75) is 20.3 Å². The third-order valence-corrected chi connectivity index (χ3v) is 2.16. The van der Waals surface area contributed by atoms with Crippen LogP contribution in [-0.4, -0.2) is 10.9 Å². The van der Waals surface area contributed by atoms with Crippen LogP contribution in [0.15, 0.2) is 18.5 Å². The minimum absolute atomic E-state index is 0.255. The Morgan fingerprint density at radius 2 is 2.47 bits per heavy atom. The molecular weight excluding hydrogens is 190 g/mol. The molecule has 0 saturated heterocycles. The number of anilines is 1. The molecule has 78 valence electrons. The number of aromatic nitrogens is 1. The molecule has 1 amide bonds. The Hall–Kier alpha value is -1.89. The first-order valence-electron chi connectivity index (χ1n) is 4.80. The molecule has 0 aliphatic carbocycles. The molecule has 1 aromatic heterocycles. The summed E-state index contributed by atoms with van der Waals surface area (Å²) in [6.07, 6.45) is 3.80. The van der Waals surface area contributed by atoms with Crippen molar-refractivity contribution in [2.24, 2.45) is 5.92 Å². The summed E-state index contributed by atoms with van der Waals surface area (Å²) in [6.45, 7) is 3.67. The molecule has 1 unspecified atom stereocenters. The summed E-state index contributed by atoms with van der Waals surface area (Å²) in [5, 5.41) is 11.4. The van der Waals surface area contributed by atoms with E-state index in [1.165, 1.54) is 0 Å². The van der Waals surface area contributed by atoms with Crippen molar-refractivity contribution in [1.29, 1.82) is 5.26 Å². The zero-order valence-electron chi connectivity index (χ0n) is 8.82. The van der Waals surface area contributed by atoms with Gasteiger partial charge in [-0.1, -0.05) is 6.92 Å². The van der Waals surface area contributed by atoms with Crippen LogP contribution >= 0.6 is 0 Å². The monoisotopic (exact) mass is 203 g/mol. The van der Waals surface area contributed by atoms with Gasteiger partial charge >= 0.3 is 0 Å². The van der Waals surface area contributed by atoms with E-state index >= 15 is 0 Å². The molecule has 1 rings (SSSR count). The van der Waals surface area contributed by atoms with Crippen LogP contribution in [-0.2, 0) is 4.79 Å². The minimum Gasteiger partial charge on any atom is -0.325 e. The first-order chi connectivity index (χ1) is 7.19. The van der Waals surface area contributed by atoms with Gasteiger partial charge in [-0.05, 0) is 25.0 Å². The van der Waals surface area contributed by atoms with Crippen LogP contribution in [0.2, 0.25) is 0 Å². The SMILES string of the molecule is CCC(C#N)C(=O)Nc1ccncc1C. The van der Waals surface area contributed by atoms with Crippen molar-refractivity contribution in [3.05, 3.63) is 24.0 Å². The van der Waals surface area contributed by atoms with E-state index in [1.54, 1.807) is 18.5 Å². The molecule has 1 atom stereocenters. The summed E-state index contributed by atoms with van der Waals surface area (Å²) < 4.78 is 0. The molecule has 4 heteroatoms. The molecular formula is C11H13N3O. The number of nitrogens with one attached hydrogen (secondary N) is 1. The standard InChI is InChI=1S/C11H13N3O/c1-3-9(6-12)11(15)14-10-4-5-13-7-8(10)2/h4-5,7,9H,3H2,1-2H3,(H,13,14,15). The molecule has 1 aromatic rings. The van der Waals surface area contributed by atoms with Crippen molar-refractivity contribution in [1.82, 2.24) is 4.98 Å². The number of nitrogens with zero attached hydrogens (tertiary/aromatic N) is 2. The Bertz CT molecular complexity index is 395. The number of carbonyl (C=O) groups is 1. The normalized spacial score (nSPS) is 11.5. The number of aryl methyl sites for hydroxylation is 1. The molecule has 4 nitrogen and oxygen atoms in total. The molecule has 0 fully saturated rings.